The molecule has 0 aliphatic carbocycles. The molecule has 41 heavy (non-hydrogen) atoms. The molecule has 4 aromatic rings. The number of carboxylic acids is 1. The molecule has 4 heterocycles. The Kier molecular flexibility index (Phi) is 10.0. The number of anilines is 1. The largest absolute Gasteiger partial charge is 0.490 e. The number of carboxylic acid groups (broad SMARTS) is 1. The van der Waals surface area contributed by atoms with E-state index in [2.05, 4.69) is 19.9 Å². The predicted molar refractivity (Wildman–Crippen MR) is 155 cm³/mol. The van der Waals surface area contributed by atoms with Crippen molar-refractivity contribution in [3.8, 4) is 5.75 Å². The Morgan fingerprint density at radius 2 is 1.93 bits per heavy atom. The molecule has 1 fully saturated rings. The van der Waals surface area contributed by atoms with Crippen LogP contribution in [0.2, 0.25) is 0 Å². The van der Waals surface area contributed by atoms with E-state index in [0.717, 1.165) is 22.5 Å². The lowest BCUT2D eigenvalue weighted by atomic mass is 10.1. The van der Waals surface area contributed by atoms with E-state index in [0.29, 0.717) is 47.2 Å². The van der Waals surface area contributed by atoms with Gasteiger partial charge in [-0.1, -0.05) is 41.8 Å². The maximum atomic E-state index is 13.2. The summed E-state index contributed by atoms with van der Waals surface area (Å²) in [5, 5.41) is 8.96. The van der Waals surface area contributed by atoms with Crippen molar-refractivity contribution < 1.29 is 27.8 Å². The van der Waals surface area contributed by atoms with Crippen molar-refractivity contribution in [2.24, 2.45) is 0 Å². The van der Waals surface area contributed by atoms with E-state index in [1.165, 1.54) is 29.5 Å². The standard InChI is InChI=1S/C21H21F3N4O4S2.C5H5NS/c1-11(19(30)31)33-10-15-25-17-16(18(29)26-15)34-20(27-17)28-8-6-12(7-9-28)32-14-5-3-2-4-13(14)21(22,23)24;7-5-3-1-2-4-6-5/h2-5,11-12H,6-10H2,1H3,(H,30,31)(H,25,26,29);1-4H,(H,6,7). The van der Waals surface area contributed by atoms with Crippen LogP contribution in [0.4, 0.5) is 18.3 Å². The van der Waals surface area contributed by atoms with Gasteiger partial charge in [-0.05, 0) is 31.2 Å². The molecule has 1 saturated heterocycles. The number of nitrogens with zero attached hydrogens (tertiary/aromatic N) is 3. The average Bonchev–Trinajstić information content (AvgIpc) is 3.37. The van der Waals surface area contributed by atoms with Gasteiger partial charge in [0.15, 0.2) is 10.8 Å². The van der Waals surface area contributed by atoms with Crippen LogP contribution in [-0.2, 0) is 16.7 Å². The second-order valence-electron chi connectivity index (χ2n) is 8.98. The van der Waals surface area contributed by atoms with Gasteiger partial charge in [0.2, 0.25) is 0 Å². The van der Waals surface area contributed by atoms with E-state index in [4.69, 9.17) is 22.1 Å². The number of thioether (sulfide) groups is 1. The van der Waals surface area contributed by atoms with E-state index < -0.39 is 23.0 Å². The Labute approximate surface area is 245 Å². The quantitative estimate of drug-likeness (QED) is 0.216. The molecule has 1 aromatic carbocycles. The average molecular weight is 626 g/mol. The molecule has 218 valence electrons. The molecule has 1 aliphatic rings. The first-order valence-electron chi connectivity index (χ1n) is 12.5. The van der Waals surface area contributed by atoms with Crippen molar-refractivity contribution in [1.82, 2.24) is 19.9 Å². The minimum Gasteiger partial charge on any atom is -0.490 e. The first-order chi connectivity index (χ1) is 19.5. The lowest BCUT2D eigenvalue weighted by Gasteiger charge is -2.32. The number of benzene rings is 1. The van der Waals surface area contributed by atoms with Crippen LogP contribution >= 0.6 is 35.3 Å². The number of H-pyrrole nitrogens is 2. The van der Waals surface area contributed by atoms with Crippen LogP contribution in [0, 0.1) is 4.64 Å². The number of alkyl halides is 3. The summed E-state index contributed by atoms with van der Waals surface area (Å²) in [4.78, 5) is 39.7. The highest BCUT2D eigenvalue weighted by Crippen LogP contribution is 2.37. The zero-order valence-electron chi connectivity index (χ0n) is 21.7. The highest BCUT2D eigenvalue weighted by atomic mass is 32.2. The fraction of sp³-hybridized carbons (Fsp3) is 0.346. The van der Waals surface area contributed by atoms with Crippen LogP contribution in [0.25, 0.3) is 10.3 Å². The lowest BCUT2D eigenvalue weighted by molar-refractivity contribution is -0.139. The topological polar surface area (TPSA) is 124 Å². The Balaban J connectivity index is 0.000000483. The maximum Gasteiger partial charge on any atom is 0.419 e. The molecular weight excluding hydrogens is 600 g/mol. The van der Waals surface area contributed by atoms with Crippen LogP contribution < -0.4 is 15.2 Å². The normalized spacial score (nSPS) is 14.8. The number of thiazole rings is 1. The predicted octanol–water partition coefficient (Wildman–Crippen LogP) is 5.90. The van der Waals surface area contributed by atoms with Crippen molar-refractivity contribution in [3.63, 3.8) is 0 Å². The fourth-order valence-corrected chi connectivity index (χ4v) is 5.66. The van der Waals surface area contributed by atoms with E-state index >= 15 is 0 Å². The Morgan fingerprint density at radius 1 is 1.22 bits per heavy atom. The molecule has 1 aliphatic heterocycles. The zero-order valence-corrected chi connectivity index (χ0v) is 24.1. The third kappa shape index (κ3) is 8.30. The molecule has 15 heteroatoms. The van der Waals surface area contributed by atoms with Gasteiger partial charge in [-0.2, -0.15) is 18.2 Å². The number of aromatic amines is 2. The number of carbonyl (C=O) groups is 1. The Hall–Kier alpha value is -3.43. The summed E-state index contributed by atoms with van der Waals surface area (Å²) in [5.41, 5.74) is -0.838. The number of pyridine rings is 1. The third-order valence-electron chi connectivity index (χ3n) is 6.00. The molecule has 3 aromatic heterocycles. The van der Waals surface area contributed by atoms with Crippen LogP contribution in [0.3, 0.4) is 0 Å². The van der Waals surface area contributed by atoms with Crippen molar-refractivity contribution >= 4 is 56.8 Å². The van der Waals surface area contributed by atoms with Gasteiger partial charge < -0.3 is 24.7 Å². The van der Waals surface area contributed by atoms with Gasteiger partial charge in [0.25, 0.3) is 5.56 Å². The number of aromatic nitrogens is 4. The molecule has 5 rings (SSSR count). The Bertz CT molecular complexity index is 1580. The summed E-state index contributed by atoms with van der Waals surface area (Å²) in [6.07, 6.45) is -2.04. The number of nitrogens with one attached hydrogen (secondary N) is 2. The third-order valence-corrected chi connectivity index (χ3v) is 8.50. The number of ether oxygens (including phenoxy) is 1. The lowest BCUT2D eigenvalue weighted by Crippen LogP contribution is -2.38. The molecule has 0 saturated carbocycles. The second kappa shape index (κ2) is 13.5. The molecule has 0 amide bonds. The number of piperidine rings is 1. The molecule has 1 unspecified atom stereocenters. The molecule has 0 spiro atoms. The van der Waals surface area contributed by atoms with Crippen LogP contribution in [0.1, 0.15) is 31.2 Å². The number of halogens is 3. The number of hydrogen-bond acceptors (Lipinski definition) is 9. The zero-order chi connectivity index (χ0) is 29.6. The van der Waals surface area contributed by atoms with Gasteiger partial charge in [-0.3, -0.25) is 9.59 Å². The summed E-state index contributed by atoms with van der Waals surface area (Å²) in [6.45, 7) is 2.57. The summed E-state index contributed by atoms with van der Waals surface area (Å²) in [7, 11) is 0. The highest BCUT2D eigenvalue weighted by molar-refractivity contribution is 7.99. The minimum atomic E-state index is -4.48. The summed E-state index contributed by atoms with van der Waals surface area (Å²) in [6, 6.07) is 10.8. The molecule has 3 N–H and O–H groups in total. The summed E-state index contributed by atoms with van der Waals surface area (Å²) < 4.78 is 46.5. The number of rotatable bonds is 7. The van der Waals surface area contributed by atoms with Crippen molar-refractivity contribution in [3.05, 3.63) is 75.0 Å². The number of hydrogen-bond donors (Lipinski definition) is 3. The van der Waals surface area contributed by atoms with Gasteiger partial charge in [-0.15, -0.1) is 11.8 Å². The van der Waals surface area contributed by atoms with Crippen LogP contribution in [0.5, 0.6) is 5.75 Å². The molecule has 0 bridgehead atoms. The van der Waals surface area contributed by atoms with Gasteiger partial charge in [0.05, 0.1) is 16.6 Å². The second-order valence-corrected chi connectivity index (χ2v) is 11.7. The van der Waals surface area contributed by atoms with E-state index in [1.807, 2.05) is 29.3 Å². The van der Waals surface area contributed by atoms with Crippen molar-refractivity contribution in [2.45, 2.75) is 43.0 Å². The highest BCUT2D eigenvalue weighted by Gasteiger charge is 2.35. The van der Waals surface area contributed by atoms with E-state index in [1.54, 1.807) is 6.92 Å². The van der Waals surface area contributed by atoms with Gasteiger partial charge >= 0.3 is 12.1 Å². The smallest absolute Gasteiger partial charge is 0.419 e. The minimum absolute atomic E-state index is 0.174. The first-order valence-corrected chi connectivity index (χ1v) is 14.7. The number of para-hydroxylation sites is 1. The molecule has 0 radical (unpaired) electrons. The SMILES string of the molecule is CC(SCc1nc2nc(N3CCC(Oc4ccccc4C(F)(F)F)CC3)sc2c(=O)[nH]1)C(=O)O.S=c1cccc[nH]1. The van der Waals surface area contributed by atoms with E-state index in [9.17, 15) is 22.8 Å². The van der Waals surface area contributed by atoms with Crippen molar-refractivity contribution in [2.75, 3.05) is 18.0 Å². The fourth-order valence-electron chi connectivity index (χ4n) is 3.87. The molecule has 9 nitrogen and oxygen atoms in total. The first kappa shape index (κ1) is 30.5. The van der Waals surface area contributed by atoms with E-state index in [-0.39, 0.29) is 23.2 Å². The summed E-state index contributed by atoms with van der Waals surface area (Å²) in [5.74, 6) is -0.540. The molecular formula is C26H26F3N5O4S3. The van der Waals surface area contributed by atoms with Gasteiger partial charge in [0, 0.05) is 32.1 Å². The monoisotopic (exact) mass is 625 g/mol. The van der Waals surface area contributed by atoms with Crippen LogP contribution in [0.15, 0.2) is 53.5 Å². The number of aliphatic carboxylic acids is 1. The van der Waals surface area contributed by atoms with Crippen molar-refractivity contribution in [1.29, 1.82) is 0 Å². The van der Waals surface area contributed by atoms with Crippen LogP contribution in [-0.4, -0.2) is 55.5 Å². The van der Waals surface area contributed by atoms with Gasteiger partial charge in [-0.25, -0.2) is 4.98 Å². The molecule has 1 atom stereocenters. The summed E-state index contributed by atoms with van der Waals surface area (Å²) >= 11 is 7.10. The number of fused-ring (bicyclic) bond motifs is 1. The van der Waals surface area contributed by atoms with Gasteiger partial charge in [0.1, 0.15) is 27.0 Å². The maximum absolute atomic E-state index is 13.2. The Morgan fingerprint density at radius 3 is 2.54 bits per heavy atom.